The fraction of sp³-hybridized carbons (Fsp3) is 0.778. The van der Waals surface area contributed by atoms with Crippen molar-refractivity contribution in [2.75, 3.05) is 6.54 Å². The van der Waals surface area contributed by atoms with Gasteiger partial charge in [-0.1, -0.05) is 26.3 Å². The minimum absolute atomic E-state index is 0.619. The van der Waals surface area contributed by atoms with Gasteiger partial charge in [-0.3, -0.25) is 0 Å². The minimum atomic E-state index is 0.619. The van der Waals surface area contributed by atoms with Gasteiger partial charge in [0.15, 0.2) is 0 Å². The van der Waals surface area contributed by atoms with E-state index in [-0.39, 0.29) is 0 Å². The van der Waals surface area contributed by atoms with Gasteiger partial charge in [0.25, 0.3) is 0 Å². The van der Waals surface area contributed by atoms with Crippen molar-refractivity contribution in [2.45, 2.75) is 26.7 Å². The summed E-state index contributed by atoms with van der Waals surface area (Å²) in [5.41, 5.74) is 5.55. The van der Waals surface area contributed by atoms with Crippen molar-refractivity contribution in [1.29, 1.82) is 0 Å². The van der Waals surface area contributed by atoms with Crippen molar-refractivity contribution < 1.29 is 0 Å². The molecule has 0 amide bonds. The molecule has 0 bridgehead atoms. The molecular weight excluding hydrogens is 122 g/mol. The normalized spacial score (nSPS) is 16.3. The molecular formula is C9H19N. The maximum absolute atomic E-state index is 5.55. The maximum atomic E-state index is 5.55. The van der Waals surface area contributed by atoms with Crippen LogP contribution in [0.1, 0.15) is 26.7 Å². The lowest BCUT2D eigenvalue weighted by Gasteiger charge is -2.14. The van der Waals surface area contributed by atoms with Gasteiger partial charge in [-0.05, 0) is 24.8 Å². The average Bonchev–Trinajstić information content (AvgIpc) is 1.99. The molecule has 0 saturated carbocycles. The minimum Gasteiger partial charge on any atom is -0.330 e. The molecule has 1 heteroatoms. The summed E-state index contributed by atoms with van der Waals surface area (Å²) >= 11 is 0. The van der Waals surface area contributed by atoms with Crippen LogP contribution in [0.15, 0.2) is 12.7 Å². The summed E-state index contributed by atoms with van der Waals surface area (Å²) in [6, 6.07) is 0. The predicted octanol–water partition coefficient (Wildman–Crippen LogP) is 2.18. The fourth-order valence-corrected chi connectivity index (χ4v) is 1.05. The van der Waals surface area contributed by atoms with Gasteiger partial charge in [0, 0.05) is 0 Å². The SMILES string of the molecule is C=CC(C)CC(CC)CN. The molecule has 0 saturated heterocycles. The summed E-state index contributed by atoms with van der Waals surface area (Å²) in [6.07, 6.45) is 4.38. The van der Waals surface area contributed by atoms with Crippen molar-refractivity contribution in [2.24, 2.45) is 17.6 Å². The summed E-state index contributed by atoms with van der Waals surface area (Å²) < 4.78 is 0. The molecule has 10 heavy (non-hydrogen) atoms. The molecule has 2 atom stereocenters. The maximum Gasteiger partial charge on any atom is -0.00488 e. The molecule has 0 radical (unpaired) electrons. The van der Waals surface area contributed by atoms with Gasteiger partial charge in [0.1, 0.15) is 0 Å². The number of hydrogen-bond donors (Lipinski definition) is 1. The average molecular weight is 141 g/mol. The molecule has 2 unspecified atom stereocenters. The molecule has 0 aromatic heterocycles. The molecule has 0 aromatic rings. The van der Waals surface area contributed by atoms with Gasteiger partial charge in [-0.2, -0.15) is 0 Å². The first kappa shape index (κ1) is 9.70. The first-order valence-corrected chi connectivity index (χ1v) is 4.07. The second kappa shape index (κ2) is 5.48. The summed E-state index contributed by atoms with van der Waals surface area (Å²) in [5.74, 6) is 1.31. The lowest BCUT2D eigenvalue weighted by molar-refractivity contribution is 0.429. The molecule has 0 aliphatic heterocycles. The van der Waals surface area contributed by atoms with Crippen LogP contribution in [-0.4, -0.2) is 6.54 Å². The van der Waals surface area contributed by atoms with E-state index in [2.05, 4.69) is 20.4 Å². The lowest BCUT2D eigenvalue weighted by atomic mass is 9.94. The van der Waals surface area contributed by atoms with Crippen LogP contribution in [0.2, 0.25) is 0 Å². The summed E-state index contributed by atoms with van der Waals surface area (Å²) in [4.78, 5) is 0. The van der Waals surface area contributed by atoms with E-state index in [0.717, 1.165) is 6.54 Å². The molecule has 0 spiro atoms. The molecule has 0 fully saturated rings. The number of hydrogen-bond acceptors (Lipinski definition) is 1. The van der Waals surface area contributed by atoms with Crippen LogP contribution in [0.5, 0.6) is 0 Å². The number of rotatable bonds is 5. The van der Waals surface area contributed by atoms with Crippen molar-refractivity contribution in [3.63, 3.8) is 0 Å². The Bertz CT molecular complexity index is 84.7. The molecule has 60 valence electrons. The van der Waals surface area contributed by atoms with Gasteiger partial charge in [-0.15, -0.1) is 6.58 Å². The van der Waals surface area contributed by atoms with Gasteiger partial charge >= 0.3 is 0 Å². The van der Waals surface area contributed by atoms with Gasteiger partial charge in [-0.25, -0.2) is 0 Å². The van der Waals surface area contributed by atoms with Crippen LogP contribution < -0.4 is 5.73 Å². The van der Waals surface area contributed by atoms with E-state index < -0.39 is 0 Å². The molecule has 0 heterocycles. The Kier molecular flexibility index (Phi) is 5.32. The highest BCUT2D eigenvalue weighted by Crippen LogP contribution is 2.14. The number of allylic oxidation sites excluding steroid dienone is 1. The smallest absolute Gasteiger partial charge is 0.00488 e. The van der Waals surface area contributed by atoms with Gasteiger partial charge < -0.3 is 5.73 Å². The Morgan fingerprint density at radius 2 is 2.20 bits per heavy atom. The molecule has 0 aliphatic rings. The topological polar surface area (TPSA) is 26.0 Å². The Hall–Kier alpha value is -0.300. The fourth-order valence-electron chi connectivity index (χ4n) is 1.05. The van der Waals surface area contributed by atoms with Crippen LogP contribution in [0.3, 0.4) is 0 Å². The van der Waals surface area contributed by atoms with Crippen LogP contribution >= 0.6 is 0 Å². The molecule has 0 aromatic carbocycles. The lowest BCUT2D eigenvalue weighted by Crippen LogP contribution is -2.15. The van der Waals surface area contributed by atoms with E-state index in [1.54, 1.807) is 0 Å². The highest BCUT2D eigenvalue weighted by Gasteiger charge is 2.06. The molecule has 0 aliphatic carbocycles. The highest BCUT2D eigenvalue weighted by molar-refractivity contribution is 4.77. The second-order valence-corrected chi connectivity index (χ2v) is 2.96. The van der Waals surface area contributed by atoms with Gasteiger partial charge in [0.05, 0.1) is 0 Å². The second-order valence-electron chi connectivity index (χ2n) is 2.96. The molecule has 1 nitrogen and oxygen atoms in total. The molecule has 2 N–H and O–H groups in total. The summed E-state index contributed by atoms with van der Waals surface area (Å²) in [5, 5.41) is 0. The van der Waals surface area contributed by atoms with E-state index in [0.29, 0.717) is 11.8 Å². The zero-order valence-electron chi connectivity index (χ0n) is 7.14. The monoisotopic (exact) mass is 141 g/mol. The summed E-state index contributed by atoms with van der Waals surface area (Å²) in [6.45, 7) is 8.93. The largest absolute Gasteiger partial charge is 0.330 e. The Labute approximate surface area is 64.3 Å². The Morgan fingerprint density at radius 1 is 1.60 bits per heavy atom. The van der Waals surface area contributed by atoms with Crippen LogP contribution in [-0.2, 0) is 0 Å². The van der Waals surface area contributed by atoms with Crippen LogP contribution in [0, 0.1) is 11.8 Å². The van der Waals surface area contributed by atoms with E-state index in [4.69, 9.17) is 5.73 Å². The van der Waals surface area contributed by atoms with Gasteiger partial charge in [0.2, 0.25) is 0 Å². The highest BCUT2D eigenvalue weighted by atomic mass is 14.5. The number of nitrogens with two attached hydrogens (primary N) is 1. The standard InChI is InChI=1S/C9H19N/c1-4-8(3)6-9(5-2)7-10/h4,8-9H,1,5-7,10H2,2-3H3. The predicted molar refractivity (Wildman–Crippen MR) is 46.8 cm³/mol. The molecule has 0 rings (SSSR count). The first-order valence-electron chi connectivity index (χ1n) is 4.07. The third-order valence-electron chi connectivity index (χ3n) is 2.02. The first-order chi connectivity index (χ1) is 4.74. The van der Waals surface area contributed by atoms with Crippen LogP contribution in [0.25, 0.3) is 0 Å². The Morgan fingerprint density at radius 3 is 2.50 bits per heavy atom. The Balaban J connectivity index is 3.51. The van der Waals surface area contributed by atoms with E-state index >= 15 is 0 Å². The third kappa shape index (κ3) is 3.67. The van der Waals surface area contributed by atoms with E-state index in [1.807, 2.05) is 6.08 Å². The van der Waals surface area contributed by atoms with Crippen molar-refractivity contribution in [3.8, 4) is 0 Å². The zero-order chi connectivity index (χ0) is 7.98. The van der Waals surface area contributed by atoms with Crippen molar-refractivity contribution >= 4 is 0 Å². The van der Waals surface area contributed by atoms with E-state index in [9.17, 15) is 0 Å². The van der Waals surface area contributed by atoms with E-state index in [1.165, 1.54) is 12.8 Å². The summed E-state index contributed by atoms with van der Waals surface area (Å²) in [7, 11) is 0. The van der Waals surface area contributed by atoms with Crippen molar-refractivity contribution in [1.82, 2.24) is 0 Å². The van der Waals surface area contributed by atoms with Crippen molar-refractivity contribution in [3.05, 3.63) is 12.7 Å². The zero-order valence-corrected chi connectivity index (χ0v) is 7.14. The van der Waals surface area contributed by atoms with Crippen LogP contribution in [0.4, 0.5) is 0 Å². The quantitative estimate of drug-likeness (QED) is 0.583. The third-order valence-corrected chi connectivity index (χ3v) is 2.02.